The van der Waals surface area contributed by atoms with Crippen LogP contribution in [0.5, 0.6) is 0 Å². The molecule has 27 heavy (non-hydrogen) atoms. The number of fused-ring (bicyclic) bond motifs is 1. The third-order valence-corrected chi connectivity index (χ3v) is 5.80. The van der Waals surface area contributed by atoms with E-state index >= 15 is 0 Å². The lowest BCUT2D eigenvalue weighted by molar-refractivity contribution is -0.130. The zero-order chi connectivity index (χ0) is 18.8. The maximum Gasteiger partial charge on any atom is 0.276 e. The van der Waals surface area contributed by atoms with Crippen molar-refractivity contribution in [2.24, 2.45) is 5.92 Å². The van der Waals surface area contributed by atoms with Crippen LogP contribution in [0.15, 0.2) is 53.0 Å². The first kappa shape index (κ1) is 18.0. The Morgan fingerprint density at radius 1 is 1.07 bits per heavy atom. The molecule has 1 saturated carbocycles. The van der Waals surface area contributed by atoms with Crippen molar-refractivity contribution in [2.75, 3.05) is 5.32 Å². The molecule has 1 atom stereocenters. The average molecular weight is 428 g/mol. The Labute approximate surface area is 167 Å². The summed E-state index contributed by atoms with van der Waals surface area (Å²) in [5.74, 6) is -0.292. The van der Waals surface area contributed by atoms with Crippen molar-refractivity contribution in [3.05, 3.63) is 64.1 Å². The molecular weight excluding hydrogens is 406 g/mol. The number of rotatable bonds is 3. The molecule has 4 rings (SSSR count). The summed E-state index contributed by atoms with van der Waals surface area (Å²) in [6.07, 6.45) is 4.66. The summed E-state index contributed by atoms with van der Waals surface area (Å²) in [4.78, 5) is 26.0. The fourth-order valence-electron chi connectivity index (χ4n) is 3.84. The van der Waals surface area contributed by atoms with Gasteiger partial charge in [0.05, 0.1) is 5.56 Å². The first-order valence-corrected chi connectivity index (χ1v) is 10.2. The van der Waals surface area contributed by atoms with Crippen LogP contribution >= 0.6 is 15.9 Å². The predicted molar refractivity (Wildman–Crippen MR) is 108 cm³/mol. The van der Waals surface area contributed by atoms with Gasteiger partial charge in [-0.1, -0.05) is 65.5 Å². The van der Waals surface area contributed by atoms with Crippen LogP contribution in [0.2, 0.25) is 0 Å². The topological polar surface area (TPSA) is 61.4 Å². The highest BCUT2D eigenvalue weighted by Crippen LogP contribution is 2.34. The molecule has 2 amide bonds. The molecule has 1 aliphatic carbocycles. The van der Waals surface area contributed by atoms with E-state index < -0.39 is 6.17 Å². The van der Waals surface area contributed by atoms with Crippen LogP contribution in [-0.2, 0) is 4.79 Å². The number of anilines is 1. The van der Waals surface area contributed by atoms with Gasteiger partial charge in [0.25, 0.3) is 5.91 Å². The second kappa shape index (κ2) is 7.72. The largest absolute Gasteiger partial charge is 0.359 e. The first-order chi connectivity index (χ1) is 13.1. The normalized spacial score (nSPS) is 20.0. The maximum atomic E-state index is 13.2. The van der Waals surface area contributed by atoms with E-state index in [2.05, 4.69) is 26.7 Å². The summed E-state index contributed by atoms with van der Waals surface area (Å²) in [7, 11) is 0. The van der Waals surface area contributed by atoms with Crippen molar-refractivity contribution in [1.29, 1.82) is 0 Å². The van der Waals surface area contributed by atoms with Gasteiger partial charge in [-0.2, -0.15) is 0 Å². The van der Waals surface area contributed by atoms with E-state index in [1.165, 1.54) is 11.4 Å². The molecule has 140 valence electrons. The second-order valence-electron chi connectivity index (χ2n) is 7.13. The van der Waals surface area contributed by atoms with Crippen LogP contribution in [0.3, 0.4) is 0 Å². The lowest BCUT2D eigenvalue weighted by Crippen LogP contribution is -2.54. The van der Waals surface area contributed by atoms with Crippen LogP contribution in [0, 0.1) is 5.92 Å². The number of halogens is 1. The molecule has 0 radical (unpaired) electrons. The van der Waals surface area contributed by atoms with Crippen LogP contribution < -0.4 is 10.7 Å². The first-order valence-electron chi connectivity index (χ1n) is 9.38. The Morgan fingerprint density at radius 3 is 2.56 bits per heavy atom. The molecule has 2 aromatic rings. The molecule has 1 aliphatic heterocycles. The number of nitrogens with one attached hydrogen (secondary N) is 2. The molecule has 2 aliphatic rings. The van der Waals surface area contributed by atoms with E-state index in [9.17, 15) is 9.59 Å². The summed E-state index contributed by atoms with van der Waals surface area (Å²) in [6.45, 7) is 0. The van der Waals surface area contributed by atoms with Gasteiger partial charge in [0.15, 0.2) is 0 Å². The smallest absolute Gasteiger partial charge is 0.276 e. The molecule has 1 fully saturated rings. The van der Waals surface area contributed by atoms with E-state index in [4.69, 9.17) is 0 Å². The standard InChI is InChI=1S/C21H22BrN3O2/c22-16-11-12-18-17(13-16)21(27)25(19(23-18)14-7-3-1-4-8-14)24-20(26)15-9-5-2-6-10-15/h1,3-4,7-8,11-13,15,19,23H,2,5-6,9-10H2,(H,24,26). The number of amides is 2. The van der Waals surface area contributed by atoms with Gasteiger partial charge in [0.1, 0.15) is 6.17 Å². The van der Waals surface area contributed by atoms with Crippen LogP contribution in [-0.4, -0.2) is 16.8 Å². The van der Waals surface area contributed by atoms with Gasteiger partial charge in [-0.25, -0.2) is 5.01 Å². The number of hydrazine groups is 1. The minimum Gasteiger partial charge on any atom is -0.359 e. The highest BCUT2D eigenvalue weighted by atomic mass is 79.9. The van der Waals surface area contributed by atoms with E-state index in [-0.39, 0.29) is 17.7 Å². The predicted octanol–water partition coefficient (Wildman–Crippen LogP) is 4.63. The molecule has 5 nitrogen and oxygen atoms in total. The van der Waals surface area contributed by atoms with E-state index in [1.54, 1.807) is 6.07 Å². The minimum atomic E-state index is -0.445. The fourth-order valence-corrected chi connectivity index (χ4v) is 4.20. The van der Waals surface area contributed by atoms with Gasteiger partial charge >= 0.3 is 0 Å². The number of carbonyl (C=O) groups is 2. The molecule has 0 aromatic heterocycles. The molecule has 1 unspecified atom stereocenters. The van der Waals surface area contributed by atoms with E-state index in [0.717, 1.165) is 41.4 Å². The monoisotopic (exact) mass is 427 g/mol. The lowest BCUT2D eigenvalue weighted by Gasteiger charge is -2.38. The molecule has 0 bridgehead atoms. The number of nitrogens with zero attached hydrogens (tertiary/aromatic N) is 1. The summed E-state index contributed by atoms with van der Waals surface area (Å²) in [5.41, 5.74) is 5.14. The van der Waals surface area contributed by atoms with Crippen LogP contribution in [0.1, 0.15) is 54.2 Å². The van der Waals surface area contributed by atoms with E-state index in [1.807, 2.05) is 42.5 Å². The third-order valence-electron chi connectivity index (χ3n) is 5.30. The van der Waals surface area contributed by atoms with Gasteiger partial charge in [0, 0.05) is 16.1 Å². The summed E-state index contributed by atoms with van der Waals surface area (Å²) < 4.78 is 0.827. The van der Waals surface area contributed by atoms with Crippen LogP contribution in [0.25, 0.3) is 0 Å². The molecule has 0 saturated heterocycles. The van der Waals surface area contributed by atoms with Gasteiger partial charge in [-0.05, 0) is 36.6 Å². The van der Waals surface area contributed by atoms with Crippen molar-refractivity contribution < 1.29 is 9.59 Å². The quantitative estimate of drug-likeness (QED) is 0.750. The van der Waals surface area contributed by atoms with Crippen molar-refractivity contribution >= 4 is 33.4 Å². The average Bonchev–Trinajstić information content (AvgIpc) is 2.71. The van der Waals surface area contributed by atoms with Gasteiger partial charge < -0.3 is 5.32 Å². The van der Waals surface area contributed by atoms with Crippen LogP contribution in [0.4, 0.5) is 5.69 Å². The van der Waals surface area contributed by atoms with E-state index in [0.29, 0.717) is 5.56 Å². The van der Waals surface area contributed by atoms with Crippen molar-refractivity contribution in [2.45, 2.75) is 38.3 Å². The van der Waals surface area contributed by atoms with Gasteiger partial charge in [0.2, 0.25) is 5.91 Å². The Hall–Kier alpha value is -2.34. The second-order valence-corrected chi connectivity index (χ2v) is 8.05. The summed E-state index contributed by atoms with van der Waals surface area (Å²) in [5, 5.41) is 4.84. The number of carbonyl (C=O) groups excluding carboxylic acids is 2. The van der Waals surface area contributed by atoms with Crippen molar-refractivity contribution in [3.63, 3.8) is 0 Å². The Kier molecular flexibility index (Phi) is 5.16. The molecule has 2 aromatic carbocycles. The molecule has 6 heteroatoms. The highest BCUT2D eigenvalue weighted by Gasteiger charge is 2.35. The van der Waals surface area contributed by atoms with Crippen molar-refractivity contribution in [1.82, 2.24) is 10.4 Å². The SMILES string of the molecule is O=C(NN1C(=O)c2cc(Br)ccc2NC1c1ccccc1)C1CCCCC1. The lowest BCUT2D eigenvalue weighted by atomic mass is 9.89. The summed E-state index contributed by atoms with van der Waals surface area (Å²) in [6, 6.07) is 15.3. The van der Waals surface area contributed by atoms with Gasteiger partial charge in [-0.3, -0.25) is 15.0 Å². The Bertz CT molecular complexity index is 850. The minimum absolute atomic E-state index is 0.0214. The zero-order valence-electron chi connectivity index (χ0n) is 15.0. The Morgan fingerprint density at radius 2 is 1.81 bits per heavy atom. The maximum absolute atomic E-state index is 13.2. The molecule has 1 heterocycles. The third kappa shape index (κ3) is 3.72. The van der Waals surface area contributed by atoms with Crippen molar-refractivity contribution in [3.8, 4) is 0 Å². The summed E-state index contributed by atoms with van der Waals surface area (Å²) >= 11 is 3.43. The number of benzene rings is 2. The fraction of sp³-hybridized carbons (Fsp3) is 0.333. The molecular formula is C21H22BrN3O2. The number of hydrogen-bond acceptors (Lipinski definition) is 3. The number of hydrogen-bond donors (Lipinski definition) is 2. The molecule has 0 spiro atoms. The Balaban J connectivity index is 1.66. The highest BCUT2D eigenvalue weighted by molar-refractivity contribution is 9.10. The molecule has 2 N–H and O–H groups in total. The van der Waals surface area contributed by atoms with Gasteiger partial charge in [-0.15, -0.1) is 0 Å². The zero-order valence-corrected chi connectivity index (χ0v) is 16.5.